The number of nitrogens with zero attached hydrogens (tertiary/aromatic N) is 1. The summed E-state index contributed by atoms with van der Waals surface area (Å²) in [5.74, 6) is 0. The topological polar surface area (TPSA) is 43.0 Å². The first-order valence-corrected chi connectivity index (χ1v) is 7.97. The van der Waals surface area contributed by atoms with E-state index in [1.807, 2.05) is 0 Å². The second-order valence-corrected chi connectivity index (χ2v) is 5.31. The molecule has 0 radical (unpaired) electrons. The molecular formula is C15H32N2O3. The van der Waals surface area contributed by atoms with Crippen LogP contribution in [-0.4, -0.2) is 77.3 Å². The summed E-state index contributed by atoms with van der Waals surface area (Å²) >= 11 is 0. The fourth-order valence-corrected chi connectivity index (χ4v) is 2.49. The van der Waals surface area contributed by atoms with Crippen molar-refractivity contribution >= 4 is 0 Å². The van der Waals surface area contributed by atoms with Gasteiger partial charge in [-0.2, -0.15) is 0 Å². The SMILES string of the molecule is CCCN(CCOCCOCCOC)CC1CCCN1. The number of rotatable bonds is 13. The predicted octanol–water partition coefficient (Wildman–Crippen LogP) is 1.13. The second-order valence-electron chi connectivity index (χ2n) is 5.31. The first-order chi connectivity index (χ1) is 9.86. The van der Waals surface area contributed by atoms with E-state index in [0.29, 0.717) is 32.5 Å². The Kier molecular flexibility index (Phi) is 11.2. The molecule has 1 aliphatic heterocycles. The Balaban J connectivity index is 1.97. The zero-order chi connectivity index (χ0) is 14.5. The van der Waals surface area contributed by atoms with Gasteiger partial charge in [-0.15, -0.1) is 0 Å². The number of hydrogen-bond donors (Lipinski definition) is 1. The van der Waals surface area contributed by atoms with Gasteiger partial charge in [0.15, 0.2) is 0 Å². The molecule has 1 unspecified atom stereocenters. The van der Waals surface area contributed by atoms with E-state index in [-0.39, 0.29) is 0 Å². The van der Waals surface area contributed by atoms with Gasteiger partial charge in [0.25, 0.3) is 0 Å². The molecule has 5 heteroatoms. The van der Waals surface area contributed by atoms with E-state index < -0.39 is 0 Å². The maximum Gasteiger partial charge on any atom is 0.0701 e. The van der Waals surface area contributed by atoms with E-state index in [0.717, 1.165) is 26.2 Å². The summed E-state index contributed by atoms with van der Waals surface area (Å²) in [5.41, 5.74) is 0. The number of hydrogen-bond acceptors (Lipinski definition) is 5. The van der Waals surface area contributed by atoms with E-state index in [1.165, 1.54) is 25.8 Å². The Morgan fingerprint density at radius 1 is 1.05 bits per heavy atom. The molecule has 5 nitrogen and oxygen atoms in total. The smallest absolute Gasteiger partial charge is 0.0701 e. The molecule has 0 spiro atoms. The Morgan fingerprint density at radius 2 is 1.80 bits per heavy atom. The van der Waals surface area contributed by atoms with Crippen LogP contribution in [0.15, 0.2) is 0 Å². The monoisotopic (exact) mass is 288 g/mol. The van der Waals surface area contributed by atoms with Crippen molar-refractivity contribution in [3.8, 4) is 0 Å². The molecule has 0 aromatic rings. The van der Waals surface area contributed by atoms with Gasteiger partial charge in [-0.1, -0.05) is 6.92 Å². The van der Waals surface area contributed by atoms with E-state index in [2.05, 4.69) is 17.1 Å². The third-order valence-electron chi connectivity index (χ3n) is 3.54. The van der Waals surface area contributed by atoms with Gasteiger partial charge < -0.3 is 19.5 Å². The average molecular weight is 288 g/mol. The van der Waals surface area contributed by atoms with Crippen molar-refractivity contribution in [3.63, 3.8) is 0 Å². The van der Waals surface area contributed by atoms with Crippen LogP contribution >= 0.6 is 0 Å². The molecule has 0 saturated carbocycles. The highest BCUT2D eigenvalue weighted by Crippen LogP contribution is 2.07. The predicted molar refractivity (Wildman–Crippen MR) is 81.3 cm³/mol. The standard InChI is InChI=1S/C15H32N2O3/c1-3-7-17(14-15-5-4-6-16-15)8-9-19-12-13-20-11-10-18-2/h15-16H,3-14H2,1-2H3. The molecule has 1 atom stereocenters. The molecule has 0 aromatic carbocycles. The molecule has 1 aliphatic rings. The normalized spacial score (nSPS) is 19.1. The number of nitrogens with one attached hydrogen (secondary N) is 1. The summed E-state index contributed by atoms with van der Waals surface area (Å²) < 4.78 is 15.9. The molecule has 0 amide bonds. The lowest BCUT2D eigenvalue weighted by molar-refractivity contribution is 0.0190. The van der Waals surface area contributed by atoms with Crippen LogP contribution < -0.4 is 5.32 Å². The molecule has 20 heavy (non-hydrogen) atoms. The van der Waals surface area contributed by atoms with Crippen LogP contribution in [-0.2, 0) is 14.2 Å². The molecule has 0 aliphatic carbocycles. The van der Waals surface area contributed by atoms with Gasteiger partial charge in [0.2, 0.25) is 0 Å². The van der Waals surface area contributed by atoms with Gasteiger partial charge in [0, 0.05) is 26.2 Å². The lowest BCUT2D eigenvalue weighted by atomic mass is 10.2. The highest BCUT2D eigenvalue weighted by molar-refractivity contribution is 4.77. The Labute approximate surface area is 123 Å². The molecule has 120 valence electrons. The van der Waals surface area contributed by atoms with Crippen LogP contribution in [0, 0.1) is 0 Å². The summed E-state index contributed by atoms with van der Waals surface area (Å²) in [6, 6.07) is 0.680. The van der Waals surface area contributed by atoms with Crippen molar-refractivity contribution in [2.75, 3.05) is 66.3 Å². The van der Waals surface area contributed by atoms with E-state index in [4.69, 9.17) is 14.2 Å². The quantitative estimate of drug-likeness (QED) is 0.515. The molecule has 0 bridgehead atoms. The van der Waals surface area contributed by atoms with Gasteiger partial charge in [-0.3, -0.25) is 4.90 Å². The van der Waals surface area contributed by atoms with Gasteiger partial charge in [-0.25, -0.2) is 0 Å². The van der Waals surface area contributed by atoms with Gasteiger partial charge in [-0.05, 0) is 32.4 Å². The fourth-order valence-electron chi connectivity index (χ4n) is 2.49. The lowest BCUT2D eigenvalue weighted by Gasteiger charge is -2.25. The Hall–Kier alpha value is -0.200. The molecule has 1 saturated heterocycles. The van der Waals surface area contributed by atoms with E-state index in [1.54, 1.807) is 7.11 Å². The Bertz CT molecular complexity index is 211. The molecule has 0 aromatic heterocycles. The van der Waals surface area contributed by atoms with Gasteiger partial charge in [0.1, 0.15) is 0 Å². The van der Waals surface area contributed by atoms with Crippen LogP contribution in [0.4, 0.5) is 0 Å². The minimum absolute atomic E-state index is 0.648. The molecule has 1 fully saturated rings. The van der Waals surface area contributed by atoms with Gasteiger partial charge >= 0.3 is 0 Å². The maximum absolute atomic E-state index is 5.63. The van der Waals surface area contributed by atoms with E-state index in [9.17, 15) is 0 Å². The van der Waals surface area contributed by atoms with E-state index >= 15 is 0 Å². The van der Waals surface area contributed by atoms with Crippen molar-refractivity contribution in [3.05, 3.63) is 0 Å². The van der Waals surface area contributed by atoms with Crippen molar-refractivity contribution in [2.24, 2.45) is 0 Å². The van der Waals surface area contributed by atoms with Crippen LogP contribution in [0.25, 0.3) is 0 Å². The molecular weight excluding hydrogens is 256 g/mol. The largest absolute Gasteiger partial charge is 0.382 e. The zero-order valence-corrected chi connectivity index (χ0v) is 13.2. The summed E-state index contributed by atoms with van der Waals surface area (Å²) in [6.45, 7) is 10.2. The zero-order valence-electron chi connectivity index (χ0n) is 13.2. The molecule has 1 rings (SSSR count). The molecule has 1 heterocycles. The minimum atomic E-state index is 0.648. The van der Waals surface area contributed by atoms with Crippen LogP contribution in [0.2, 0.25) is 0 Å². The maximum atomic E-state index is 5.63. The first kappa shape index (κ1) is 17.9. The third kappa shape index (κ3) is 8.87. The van der Waals surface area contributed by atoms with Crippen LogP contribution in [0.5, 0.6) is 0 Å². The number of methoxy groups -OCH3 is 1. The third-order valence-corrected chi connectivity index (χ3v) is 3.54. The second kappa shape index (κ2) is 12.5. The minimum Gasteiger partial charge on any atom is -0.382 e. The fraction of sp³-hybridized carbons (Fsp3) is 1.00. The summed E-state index contributed by atoms with van der Waals surface area (Å²) in [6.07, 6.45) is 3.83. The average Bonchev–Trinajstić information content (AvgIpc) is 2.95. The van der Waals surface area contributed by atoms with Crippen molar-refractivity contribution in [1.29, 1.82) is 0 Å². The molecule has 1 N–H and O–H groups in total. The van der Waals surface area contributed by atoms with Crippen molar-refractivity contribution in [1.82, 2.24) is 10.2 Å². The van der Waals surface area contributed by atoms with Gasteiger partial charge in [0.05, 0.1) is 33.0 Å². The van der Waals surface area contributed by atoms with Crippen LogP contribution in [0.1, 0.15) is 26.2 Å². The van der Waals surface area contributed by atoms with Crippen molar-refractivity contribution < 1.29 is 14.2 Å². The van der Waals surface area contributed by atoms with Crippen LogP contribution in [0.3, 0.4) is 0 Å². The first-order valence-electron chi connectivity index (χ1n) is 7.97. The summed E-state index contributed by atoms with van der Waals surface area (Å²) in [7, 11) is 1.68. The summed E-state index contributed by atoms with van der Waals surface area (Å²) in [5, 5.41) is 3.56. The Morgan fingerprint density at radius 3 is 2.45 bits per heavy atom. The van der Waals surface area contributed by atoms with Crippen molar-refractivity contribution in [2.45, 2.75) is 32.2 Å². The summed E-state index contributed by atoms with van der Waals surface area (Å²) in [4.78, 5) is 2.51. The number of ether oxygens (including phenoxy) is 3. The highest BCUT2D eigenvalue weighted by Gasteiger charge is 2.17. The highest BCUT2D eigenvalue weighted by atomic mass is 16.5. The lowest BCUT2D eigenvalue weighted by Crippen LogP contribution is -2.39.